The van der Waals surface area contributed by atoms with Crippen LogP contribution < -0.4 is 5.32 Å². The van der Waals surface area contributed by atoms with Gasteiger partial charge in [-0.05, 0) is 25.2 Å². The van der Waals surface area contributed by atoms with Crippen LogP contribution in [0.2, 0.25) is 0 Å². The number of nitrogens with one attached hydrogen (secondary N) is 1. The molecular weight excluding hydrogens is 228 g/mol. The van der Waals surface area contributed by atoms with E-state index in [1.807, 2.05) is 0 Å². The van der Waals surface area contributed by atoms with E-state index in [9.17, 15) is 0 Å². The molecule has 106 valence electrons. The fourth-order valence-corrected chi connectivity index (χ4v) is 2.80. The summed E-state index contributed by atoms with van der Waals surface area (Å²) in [5.41, 5.74) is 0. The minimum Gasteiger partial charge on any atom is -0.382 e. The number of rotatable bonds is 8. The Morgan fingerprint density at radius 3 is 2.72 bits per heavy atom. The molecule has 0 spiro atoms. The minimum absolute atomic E-state index is 0.666. The third-order valence-corrected chi connectivity index (χ3v) is 4.15. The molecule has 1 aliphatic carbocycles. The topological polar surface area (TPSA) is 33.7 Å². The molecule has 2 atom stereocenters. The van der Waals surface area contributed by atoms with Gasteiger partial charge in [0.1, 0.15) is 0 Å². The smallest absolute Gasteiger partial charge is 0.0700 e. The molecular formula is C14H28N2O2. The van der Waals surface area contributed by atoms with Gasteiger partial charge in [0.2, 0.25) is 0 Å². The molecule has 1 heterocycles. The van der Waals surface area contributed by atoms with Crippen LogP contribution in [0, 0.1) is 5.92 Å². The number of methoxy groups -OCH3 is 1. The van der Waals surface area contributed by atoms with E-state index < -0.39 is 0 Å². The van der Waals surface area contributed by atoms with Crippen molar-refractivity contribution < 1.29 is 9.47 Å². The van der Waals surface area contributed by atoms with Gasteiger partial charge in [-0.25, -0.2) is 0 Å². The maximum absolute atomic E-state index is 5.61. The molecule has 1 aliphatic heterocycles. The van der Waals surface area contributed by atoms with Gasteiger partial charge in [0.15, 0.2) is 0 Å². The lowest BCUT2D eigenvalue weighted by Crippen LogP contribution is -2.57. The largest absolute Gasteiger partial charge is 0.382 e. The lowest BCUT2D eigenvalue weighted by Gasteiger charge is -2.40. The van der Waals surface area contributed by atoms with Crippen molar-refractivity contribution in [2.75, 3.05) is 46.6 Å². The average Bonchev–Trinajstić information content (AvgIpc) is 3.22. The molecule has 18 heavy (non-hydrogen) atoms. The van der Waals surface area contributed by atoms with Crippen LogP contribution in [0.4, 0.5) is 0 Å². The fourth-order valence-electron chi connectivity index (χ4n) is 2.80. The van der Waals surface area contributed by atoms with Crippen LogP contribution in [0.5, 0.6) is 0 Å². The fraction of sp³-hybridized carbons (Fsp3) is 1.00. The van der Waals surface area contributed by atoms with Crippen LogP contribution in [0.15, 0.2) is 0 Å². The van der Waals surface area contributed by atoms with Crippen LogP contribution >= 0.6 is 0 Å². The molecule has 2 fully saturated rings. The Bertz CT molecular complexity index is 234. The first-order valence-electron chi connectivity index (χ1n) is 7.39. The van der Waals surface area contributed by atoms with Crippen molar-refractivity contribution in [3.63, 3.8) is 0 Å². The highest BCUT2D eigenvalue weighted by Crippen LogP contribution is 2.36. The highest BCUT2D eigenvalue weighted by molar-refractivity contribution is 4.94. The predicted octanol–water partition coefficient (Wildman–Crippen LogP) is 1.11. The van der Waals surface area contributed by atoms with E-state index in [1.165, 1.54) is 32.4 Å². The van der Waals surface area contributed by atoms with Crippen molar-refractivity contribution in [1.29, 1.82) is 0 Å². The number of hydrogen-bond acceptors (Lipinski definition) is 4. The van der Waals surface area contributed by atoms with Gasteiger partial charge in [0, 0.05) is 38.8 Å². The molecule has 0 aromatic carbocycles. The number of hydrogen-bond donors (Lipinski definition) is 1. The molecule has 1 N–H and O–H groups in total. The van der Waals surface area contributed by atoms with E-state index in [-0.39, 0.29) is 0 Å². The molecule has 0 bridgehead atoms. The van der Waals surface area contributed by atoms with Crippen molar-refractivity contribution in [2.45, 2.75) is 38.3 Å². The second kappa shape index (κ2) is 7.43. The summed E-state index contributed by atoms with van der Waals surface area (Å²) in [6.07, 6.45) is 4.06. The molecule has 0 aromatic heterocycles. The number of nitrogens with zero attached hydrogens (tertiary/aromatic N) is 1. The van der Waals surface area contributed by atoms with Crippen LogP contribution in [-0.2, 0) is 9.47 Å². The first-order valence-corrected chi connectivity index (χ1v) is 7.39. The van der Waals surface area contributed by atoms with Gasteiger partial charge in [0.25, 0.3) is 0 Å². The highest BCUT2D eigenvalue weighted by Gasteiger charge is 2.38. The van der Waals surface area contributed by atoms with Crippen LogP contribution in [0.3, 0.4) is 0 Å². The summed E-state index contributed by atoms with van der Waals surface area (Å²) < 4.78 is 10.6. The third kappa shape index (κ3) is 4.19. The van der Waals surface area contributed by atoms with Crippen LogP contribution in [0.1, 0.15) is 26.2 Å². The average molecular weight is 256 g/mol. The van der Waals surface area contributed by atoms with Gasteiger partial charge >= 0.3 is 0 Å². The van der Waals surface area contributed by atoms with Gasteiger partial charge in [0.05, 0.1) is 19.8 Å². The zero-order valence-electron chi connectivity index (χ0n) is 11.9. The molecule has 2 rings (SSSR count). The zero-order chi connectivity index (χ0) is 12.8. The Balaban J connectivity index is 1.70. The van der Waals surface area contributed by atoms with Crippen molar-refractivity contribution >= 4 is 0 Å². The van der Waals surface area contributed by atoms with E-state index in [2.05, 4.69) is 17.1 Å². The van der Waals surface area contributed by atoms with Gasteiger partial charge in [-0.3, -0.25) is 4.90 Å². The maximum atomic E-state index is 5.61. The van der Waals surface area contributed by atoms with Gasteiger partial charge in [-0.2, -0.15) is 0 Å². The van der Waals surface area contributed by atoms with Gasteiger partial charge in [-0.15, -0.1) is 0 Å². The van der Waals surface area contributed by atoms with Crippen molar-refractivity contribution in [3.8, 4) is 0 Å². The van der Waals surface area contributed by atoms with Crippen molar-refractivity contribution in [2.24, 2.45) is 5.92 Å². The lowest BCUT2D eigenvalue weighted by atomic mass is 10.0. The summed E-state index contributed by atoms with van der Waals surface area (Å²) in [6.45, 7) is 7.94. The van der Waals surface area contributed by atoms with E-state index in [4.69, 9.17) is 9.47 Å². The van der Waals surface area contributed by atoms with E-state index in [1.54, 1.807) is 7.11 Å². The molecule has 2 unspecified atom stereocenters. The normalized spacial score (nSPS) is 29.7. The summed E-state index contributed by atoms with van der Waals surface area (Å²) in [7, 11) is 1.72. The minimum atomic E-state index is 0.666. The summed E-state index contributed by atoms with van der Waals surface area (Å²) in [5.74, 6) is 0.939. The SMILES string of the molecule is CCC1CN(CCOCCOC)C(C2CC2)CN1. The molecule has 0 radical (unpaired) electrons. The van der Waals surface area contributed by atoms with E-state index in [0.717, 1.165) is 25.1 Å². The quantitative estimate of drug-likeness (QED) is 0.660. The summed E-state index contributed by atoms with van der Waals surface area (Å²) >= 11 is 0. The molecule has 1 saturated heterocycles. The lowest BCUT2D eigenvalue weighted by molar-refractivity contribution is 0.0352. The first kappa shape index (κ1) is 14.3. The van der Waals surface area contributed by atoms with Crippen molar-refractivity contribution in [3.05, 3.63) is 0 Å². The Hall–Kier alpha value is -0.160. The van der Waals surface area contributed by atoms with Crippen LogP contribution in [-0.4, -0.2) is 63.5 Å². The molecule has 0 amide bonds. The Labute approximate surface area is 111 Å². The maximum Gasteiger partial charge on any atom is 0.0700 e. The molecule has 2 aliphatic rings. The highest BCUT2D eigenvalue weighted by atomic mass is 16.5. The third-order valence-electron chi connectivity index (χ3n) is 4.15. The molecule has 0 aromatic rings. The second-order valence-corrected chi connectivity index (χ2v) is 5.52. The molecule has 4 nitrogen and oxygen atoms in total. The molecule has 1 saturated carbocycles. The predicted molar refractivity (Wildman–Crippen MR) is 72.9 cm³/mol. The first-order chi connectivity index (χ1) is 8.85. The van der Waals surface area contributed by atoms with Gasteiger partial charge < -0.3 is 14.8 Å². The summed E-state index contributed by atoms with van der Waals surface area (Å²) in [6, 6.07) is 1.41. The Morgan fingerprint density at radius 2 is 2.06 bits per heavy atom. The van der Waals surface area contributed by atoms with E-state index in [0.29, 0.717) is 19.3 Å². The van der Waals surface area contributed by atoms with Gasteiger partial charge in [-0.1, -0.05) is 6.92 Å². The standard InChI is InChI=1S/C14H28N2O2/c1-3-13-11-16(6-7-18-9-8-17-2)14(10-15-13)12-4-5-12/h12-15H,3-11H2,1-2H3. The monoisotopic (exact) mass is 256 g/mol. The summed E-state index contributed by atoms with van der Waals surface area (Å²) in [4.78, 5) is 2.65. The number of piperazine rings is 1. The van der Waals surface area contributed by atoms with E-state index >= 15 is 0 Å². The molecule has 4 heteroatoms. The Kier molecular flexibility index (Phi) is 5.89. The second-order valence-electron chi connectivity index (χ2n) is 5.52. The summed E-state index contributed by atoms with van der Waals surface area (Å²) in [5, 5.41) is 3.68. The zero-order valence-corrected chi connectivity index (χ0v) is 11.9. The van der Waals surface area contributed by atoms with Crippen molar-refractivity contribution in [1.82, 2.24) is 10.2 Å². The van der Waals surface area contributed by atoms with Crippen LogP contribution in [0.25, 0.3) is 0 Å². The number of ether oxygens (including phenoxy) is 2. The Morgan fingerprint density at radius 1 is 1.22 bits per heavy atom.